The summed E-state index contributed by atoms with van der Waals surface area (Å²) in [5, 5.41) is 6.64. The van der Waals surface area contributed by atoms with Crippen LogP contribution in [0.4, 0.5) is 0 Å². The molecule has 6 nitrogen and oxygen atoms in total. The van der Waals surface area contributed by atoms with Crippen molar-refractivity contribution in [2.45, 2.75) is 19.9 Å². The number of methoxy groups -OCH3 is 3. The molecule has 0 fully saturated rings. The number of aliphatic imine (C=N–C) groups is 1. The molecule has 2 aromatic carbocycles. The summed E-state index contributed by atoms with van der Waals surface area (Å²) in [4.78, 5) is 4.65. The lowest BCUT2D eigenvalue weighted by Crippen LogP contribution is -2.38. The molecular weight excluding hydrogens is 469 g/mol. The Hall–Kier alpha value is -2.16. The number of hydrogen-bond donors (Lipinski definition) is 2. The molecule has 0 saturated carbocycles. The van der Waals surface area contributed by atoms with Gasteiger partial charge >= 0.3 is 0 Å². The van der Waals surface area contributed by atoms with Gasteiger partial charge in [0.15, 0.2) is 17.5 Å². The van der Waals surface area contributed by atoms with Crippen molar-refractivity contribution in [1.82, 2.24) is 10.6 Å². The van der Waals surface area contributed by atoms with E-state index in [1.54, 1.807) is 21.3 Å². The minimum absolute atomic E-state index is 0. The van der Waals surface area contributed by atoms with Crippen LogP contribution >= 0.6 is 24.0 Å². The predicted molar refractivity (Wildman–Crippen MR) is 124 cm³/mol. The first-order valence-corrected chi connectivity index (χ1v) is 9.06. The van der Waals surface area contributed by atoms with E-state index < -0.39 is 0 Å². The van der Waals surface area contributed by atoms with Gasteiger partial charge in [0.25, 0.3) is 0 Å². The molecule has 0 spiro atoms. The fourth-order valence-electron chi connectivity index (χ4n) is 2.70. The van der Waals surface area contributed by atoms with Crippen LogP contribution in [0.1, 0.15) is 18.1 Å². The number of nitrogens with zero attached hydrogens (tertiary/aromatic N) is 1. The highest BCUT2D eigenvalue weighted by Crippen LogP contribution is 2.27. The number of para-hydroxylation sites is 1. The van der Waals surface area contributed by atoms with Crippen molar-refractivity contribution >= 4 is 29.9 Å². The number of nitrogens with one attached hydrogen (secondary N) is 2. The number of hydrogen-bond acceptors (Lipinski definition) is 4. The molecule has 0 aliphatic heterocycles. The minimum Gasteiger partial charge on any atom is -0.496 e. The van der Waals surface area contributed by atoms with Crippen molar-refractivity contribution in [2.75, 3.05) is 34.4 Å². The molecular formula is C21H30IN3O3. The predicted octanol–water partition coefficient (Wildman–Crippen LogP) is 3.63. The number of rotatable bonds is 9. The lowest BCUT2D eigenvalue weighted by Gasteiger charge is -2.13. The first-order valence-electron chi connectivity index (χ1n) is 9.06. The first-order chi connectivity index (χ1) is 13.2. The largest absolute Gasteiger partial charge is 0.496 e. The van der Waals surface area contributed by atoms with Gasteiger partial charge in [0.1, 0.15) is 5.75 Å². The standard InChI is InChI=1S/C21H29N3O3.HI/c1-5-22-21(24-15-17-8-6-7-9-18(17)25-2)23-13-12-16-10-11-19(26-3)20(14-16)27-4;/h6-11,14H,5,12-13,15H2,1-4H3,(H2,22,23,24);1H. The SMILES string of the molecule is CCNC(=NCc1ccccc1OC)NCCc1ccc(OC)c(OC)c1.I. The van der Waals surface area contributed by atoms with Gasteiger partial charge in [-0.1, -0.05) is 24.3 Å². The molecule has 0 aliphatic rings. The second-order valence-electron chi connectivity index (χ2n) is 5.87. The van der Waals surface area contributed by atoms with Gasteiger partial charge in [-0.15, -0.1) is 24.0 Å². The van der Waals surface area contributed by atoms with Crippen LogP contribution in [0, 0.1) is 0 Å². The molecule has 2 aromatic rings. The molecule has 0 unspecified atom stereocenters. The zero-order valence-electron chi connectivity index (χ0n) is 17.0. The molecule has 154 valence electrons. The van der Waals surface area contributed by atoms with Crippen LogP contribution in [0.3, 0.4) is 0 Å². The summed E-state index contributed by atoms with van der Waals surface area (Å²) in [6.45, 7) is 4.16. The Kier molecular flexibility index (Phi) is 11.2. The van der Waals surface area contributed by atoms with E-state index in [1.807, 2.05) is 42.5 Å². The van der Waals surface area contributed by atoms with Crippen molar-refractivity contribution in [3.05, 3.63) is 53.6 Å². The summed E-state index contributed by atoms with van der Waals surface area (Å²) in [5.41, 5.74) is 2.22. The second-order valence-corrected chi connectivity index (χ2v) is 5.87. The molecule has 28 heavy (non-hydrogen) atoms. The topological polar surface area (TPSA) is 64.1 Å². The maximum Gasteiger partial charge on any atom is 0.191 e. The minimum atomic E-state index is 0. The highest BCUT2D eigenvalue weighted by atomic mass is 127. The Morgan fingerprint density at radius 3 is 2.29 bits per heavy atom. The Bertz CT molecular complexity index is 753. The number of halogens is 1. The van der Waals surface area contributed by atoms with E-state index in [0.29, 0.717) is 6.54 Å². The Morgan fingerprint density at radius 1 is 0.893 bits per heavy atom. The Labute approximate surface area is 184 Å². The van der Waals surface area contributed by atoms with Crippen molar-refractivity contribution in [3.63, 3.8) is 0 Å². The quantitative estimate of drug-likeness (QED) is 0.314. The van der Waals surface area contributed by atoms with Crippen molar-refractivity contribution < 1.29 is 14.2 Å². The van der Waals surface area contributed by atoms with E-state index in [9.17, 15) is 0 Å². The molecule has 0 radical (unpaired) electrons. The van der Waals surface area contributed by atoms with Crippen molar-refractivity contribution in [2.24, 2.45) is 4.99 Å². The molecule has 0 saturated heterocycles. The van der Waals surface area contributed by atoms with Crippen LogP contribution in [-0.4, -0.2) is 40.4 Å². The molecule has 0 amide bonds. The third-order valence-corrected chi connectivity index (χ3v) is 4.10. The normalized spacial score (nSPS) is 10.6. The van der Waals surface area contributed by atoms with Crippen LogP contribution in [0.5, 0.6) is 17.2 Å². The van der Waals surface area contributed by atoms with Gasteiger partial charge in [-0.2, -0.15) is 0 Å². The third kappa shape index (κ3) is 7.10. The smallest absolute Gasteiger partial charge is 0.191 e. The highest BCUT2D eigenvalue weighted by Gasteiger charge is 2.05. The Balaban J connectivity index is 0.00000392. The molecule has 0 aromatic heterocycles. The van der Waals surface area contributed by atoms with E-state index in [0.717, 1.165) is 48.3 Å². The molecule has 2 N–H and O–H groups in total. The molecule has 0 atom stereocenters. The van der Waals surface area contributed by atoms with Crippen LogP contribution in [0.15, 0.2) is 47.5 Å². The summed E-state index contributed by atoms with van der Waals surface area (Å²) in [6, 6.07) is 13.9. The van der Waals surface area contributed by atoms with Gasteiger partial charge in [0.05, 0.1) is 27.9 Å². The van der Waals surface area contributed by atoms with Gasteiger partial charge in [-0.3, -0.25) is 0 Å². The van der Waals surface area contributed by atoms with E-state index in [1.165, 1.54) is 5.56 Å². The summed E-state index contributed by atoms with van der Waals surface area (Å²) < 4.78 is 16.0. The molecule has 0 bridgehead atoms. The molecule has 2 rings (SSSR count). The summed E-state index contributed by atoms with van der Waals surface area (Å²) in [6.07, 6.45) is 0.847. The summed E-state index contributed by atoms with van der Waals surface area (Å²) >= 11 is 0. The van der Waals surface area contributed by atoms with E-state index >= 15 is 0 Å². The fourth-order valence-corrected chi connectivity index (χ4v) is 2.70. The summed E-state index contributed by atoms with van der Waals surface area (Å²) in [7, 11) is 4.96. The van der Waals surface area contributed by atoms with Crippen LogP contribution in [0.2, 0.25) is 0 Å². The van der Waals surface area contributed by atoms with E-state index in [4.69, 9.17) is 14.2 Å². The van der Waals surface area contributed by atoms with E-state index in [-0.39, 0.29) is 24.0 Å². The van der Waals surface area contributed by atoms with Crippen LogP contribution < -0.4 is 24.8 Å². The maximum absolute atomic E-state index is 5.39. The van der Waals surface area contributed by atoms with Crippen LogP contribution in [-0.2, 0) is 13.0 Å². The second kappa shape index (κ2) is 13.1. The lowest BCUT2D eigenvalue weighted by molar-refractivity contribution is 0.354. The molecule has 0 heterocycles. The monoisotopic (exact) mass is 499 g/mol. The highest BCUT2D eigenvalue weighted by molar-refractivity contribution is 14.0. The molecule has 0 aliphatic carbocycles. The Morgan fingerprint density at radius 2 is 1.61 bits per heavy atom. The van der Waals surface area contributed by atoms with Gasteiger partial charge in [0.2, 0.25) is 0 Å². The van der Waals surface area contributed by atoms with Gasteiger partial charge in [-0.05, 0) is 37.1 Å². The third-order valence-electron chi connectivity index (χ3n) is 4.10. The molecule has 7 heteroatoms. The van der Waals surface area contributed by atoms with Crippen molar-refractivity contribution in [3.8, 4) is 17.2 Å². The van der Waals surface area contributed by atoms with Crippen LogP contribution in [0.25, 0.3) is 0 Å². The van der Waals surface area contributed by atoms with Gasteiger partial charge in [-0.25, -0.2) is 4.99 Å². The fraction of sp³-hybridized carbons (Fsp3) is 0.381. The maximum atomic E-state index is 5.39. The zero-order valence-corrected chi connectivity index (χ0v) is 19.3. The average molecular weight is 499 g/mol. The number of guanidine groups is 1. The average Bonchev–Trinajstić information content (AvgIpc) is 2.72. The number of ether oxygens (including phenoxy) is 3. The van der Waals surface area contributed by atoms with Gasteiger partial charge in [0, 0.05) is 18.7 Å². The first kappa shape index (κ1) is 23.9. The van der Waals surface area contributed by atoms with E-state index in [2.05, 4.69) is 22.5 Å². The lowest BCUT2D eigenvalue weighted by atomic mass is 10.1. The summed E-state index contributed by atoms with van der Waals surface area (Å²) in [5.74, 6) is 3.11. The number of benzene rings is 2. The zero-order chi connectivity index (χ0) is 19.5. The van der Waals surface area contributed by atoms with Crippen molar-refractivity contribution in [1.29, 1.82) is 0 Å². The van der Waals surface area contributed by atoms with Gasteiger partial charge < -0.3 is 24.8 Å².